The molecule has 1 heterocycles. The monoisotopic (exact) mass is 260 g/mol. The van der Waals surface area contributed by atoms with E-state index in [1.165, 1.54) is 5.56 Å². The highest BCUT2D eigenvalue weighted by Crippen LogP contribution is 2.22. The third-order valence-corrected chi connectivity index (χ3v) is 3.52. The van der Waals surface area contributed by atoms with Crippen molar-refractivity contribution in [2.45, 2.75) is 32.0 Å². The highest BCUT2D eigenvalue weighted by Gasteiger charge is 2.34. The Kier molecular flexibility index (Phi) is 4.48. The first kappa shape index (κ1) is 13.9. The first-order valence-corrected chi connectivity index (χ1v) is 6.59. The SMILES string of the molecule is CC(C)(N=C=O)C1CN(Cc2ccccc2)CCO1. The quantitative estimate of drug-likeness (QED) is 0.614. The van der Waals surface area contributed by atoms with Crippen molar-refractivity contribution in [1.82, 2.24) is 4.90 Å². The minimum atomic E-state index is -0.517. The lowest BCUT2D eigenvalue weighted by Crippen LogP contribution is -2.50. The number of benzene rings is 1. The molecule has 4 heteroatoms. The topological polar surface area (TPSA) is 41.9 Å². The van der Waals surface area contributed by atoms with Gasteiger partial charge < -0.3 is 4.74 Å². The minimum absolute atomic E-state index is 0.0635. The molecule has 1 aromatic carbocycles. The molecule has 0 spiro atoms. The number of aliphatic imine (C=N–C) groups is 1. The number of ether oxygens (including phenoxy) is 1. The molecule has 1 aromatic rings. The fourth-order valence-corrected chi connectivity index (χ4v) is 2.30. The Labute approximate surface area is 114 Å². The van der Waals surface area contributed by atoms with Crippen LogP contribution in [0.2, 0.25) is 0 Å². The lowest BCUT2D eigenvalue weighted by Gasteiger charge is -2.38. The van der Waals surface area contributed by atoms with Crippen molar-refractivity contribution in [2.24, 2.45) is 4.99 Å². The van der Waals surface area contributed by atoms with Crippen LogP contribution in [-0.4, -0.2) is 42.3 Å². The van der Waals surface area contributed by atoms with E-state index in [1.54, 1.807) is 6.08 Å². The van der Waals surface area contributed by atoms with Gasteiger partial charge in [-0.05, 0) is 19.4 Å². The van der Waals surface area contributed by atoms with Gasteiger partial charge in [-0.1, -0.05) is 30.3 Å². The molecule has 1 saturated heterocycles. The van der Waals surface area contributed by atoms with Crippen molar-refractivity contribution in [1.29, 1.82) is 0 Å². The summed E-state index contributed by atoms with van der Waals surface area (Å²) in [5, 5.41) is 0. The van der Waals surface area contributed by atoms with E-state index in [-0.39, 0.29) is 6.10 Å². The fourth-order valence-electron chi connectivity index (χ4n) is 2.30. The van der Waals surface area contributed by atoms with Gasteiger partial charge in [0, 0.05) is 19.6 Å². The van der Waals surface area contributed by atoms with Gasteiger partial charge in [-0.25, -0.2) is 4.79 Å². The molecule has 19 heavy (non-hydrogen) atoms. The van der Waals surface area contributed by atoms with Gasteiger partial charge in [-0.15, -0.1) is 0 Å². The van der Waals surface area contributed by atoms with Crippen LogP contribution in [0.15, 0.2) is 35.3 Å². The third-order valence-electron chi connectivity index (χ3n) is 3.52. The Bertz CT molecular complexity index is 452. The summed E-state index contributed by atoms with van der Waals surface area (Å²) in [6.45, 7) is 7.10. The van der Waals surface area contributed by atoms with Gasteiger partial charge in [0.05, 0.1) is 18.2 Å². The van der Waals surface area contributed by atoms with Crippen molar-refractivity contribution in [3.05, 3.63) is 35.9 Å². The van der Waals surface area contributed by atoms with E-state index in [2.05, 4.69) is 22.0 Å². The number of morpholine rings is 1. The van der Waals surface area contributed by atoms with Gasteiger partial charge in [0.2, 0.25) is 6.08 Å². The van der Waals surface area contributed by atoms with E-state index in [0.717, 1.165) is 19.6 Å². The number of isocyanates is 1. The van der Waals surface area contributed by atoms with Crippen LogP contribution >= 0.6 is 0 Å². The summed E-state index contributed by atoms with van der Waals surface area (Å²) in [7, 11) is 0. The molecule has 0 amide bonds. The molecule has 0 bridgehead atoms. The third kappa shape index (κ3) is 3.74. The van der Waals surface area contributed by atoms with Crippen molar-refractivity contribution < 1.29 is 9.53 Å². The van der Waals surface area contributed by atoms with Crippen LogP contribution in [-0.2, 0) is 16.1 Å². The molecule has 0 saturated carbocycles. The molecule has 2 rings (SSSR count). The van der Waals surface area contributed by atoms with Crippen LogP contribution < -0.4 is 0 Å². The zero-order valence-corrected chi connectivity index (χ0v) is 11.5. The van der Waals surface area contributed by atoms with Crippen LogP contribution in [0.5, 0.6) is 0 Å². The van der Waals surface area contributed by atoms with Crippen LogP contribution in [0.25, 0.3) is 0 Å². The van der Waals surface area contributed by atoms with Crippen molar-refractivity contribution in [3.63, 3.8) is 0 Å². The molecule has 0 aromatic heterocycles. The molecule has 0 N–H and O–H groups in total. The molecule has 1 aliphatic rings. The summed E-state index contributed by atoms with van der Waals surface area (Å²) in [4.78, 5) is 16.7. The molecular weight excluding hydrogens is 240 g/mol. The van der Waals surface area contributed by atoms with Crippen LogP contribution in [0.1, 0.15) is 19.4 Å². The van der Waals surface area contributed by atoms with Gasteiger partial charge in [-0.3, -0.25) is 4.90 Å². The van der Waals surface area contributed by atoms with Crippen molar-refractivity contribution in [2.75, 3.05) is 19.7 Å². The minimum Gasteiger partial charge on any atom is -0.373 e. The summed E-state index contributed by atoms with van der Waals surface area (Å²) in [6.07, 6.45) is 1.58. The average Bonchev–Trinajstić information content (AvgIpc) is 2.40. The lowest BCUT2D eigenvalue weighted by atomic mass is 9.96. The predicted molar refractivity (Wildman–Crippen MR) is 73.7 cm³/mol. The zero-order chi connectivity index (χ0) is 13.7. The normalized spacial score (nSPS) is 20.8. The van der Waals surface area contributed by atoms with Gasteiger partial charge in [0.1, 0.15) is 0 Å². The van der Waals surface area contributed by atoms with E-state index in [1.807, 2.05) is 32.0 Å². The molecule has 4 nitrogen and oxygen atoms in total. The van der Waals surface area contributed by atoms with Gasteiger partial charge in [0.15, 0.2) is 0 Å². The molecular formula is C15H20N2O2. The Morgan fingerprint density at radius 1 is 1.42 bits per heavy atom. The van der Waals surface area contributed by atoms with Crippen molar-refractivity contribution in [3.8, 4) is 0 Å². The summed E-state index contributed by atoms with van der Waals surface area (Å²) in [5.74, 6) is 0. The predicted octanol–water partition coefficient (Wildman–Crippen LogP) is 2.00. The van der Waals surface area contributed by atoms with Gasteiger partial charge >= 0.3 is 0 Å². The highest BCUT2D eigenvalue weighted by molar-refractivity contribution is 5.35. The summed E-state index contributed by atoms with van der Waals surface area (Å²) < 4.78 is 5.75. The Morgan fingerprint density at radius 2 is 2.16 bits per heavy atom. The first-order chi connectivity index (χ1) is 9.12. The average molecular weight is 260 g/mol. The molecule has 1 aliphatic heterocycles. The second-order valence-electron chi connectivity index (χ2n) is 5.44. The molecule has 1 atom stereocenters. The lowest BCUT2D eigenvalue weighted by molar-refractivity contribution is -0.0605. The van der Waals surface area contributed by atoms with E-state index >= 15 is 0 Å². The van der Waals surface area contributed by atoms with E-state index < -0.39 is 5.54 Å². The second-order valence-corrected chi connectivity index (χ2v) is 5.44. The molecule has 0 radical (unpaired) electrons. The van der Waals surface area contributed by atoms with E-state index in [4.69, 9.17) is 4.74 Å². The van der Waals surface area contributed by atoms with Crippen LogP contribution in [0.3, 0.4) is 0 Å². The smallest absolute Gasteiger partial charge is 0.235 e. The summed E-state index contributed by atoms with van der Waals surface area (Å²) in [5.41, 5.74) is 0.775. The summed E-state index contributed by atoms with van der Waals surface area (Å²) >= 11 is 0. The van der Waals surface area contributed by atoms with Crippen LogP contribution in [0, 0.1) is 0 Å². The molecule has 102 valence electrons. The largest absolute Gasteiger partial charge is 0.373 e. The van der Waals surface area contributed by atoms with E-state index in [9.17, 15) is 4.79 Å². The highest BCUT2D eigenvalue weighted by atomic mass is 16.5. The summed E-state index contributed by atoms with van der Waals surface area (Å²) in [6, 6.07) is 10.4. The van der Waals surface area contributed by atoms with Gasteiger partial charge in [-0.2, -0.15) is 4.99 Å². The number of hydrogen-bond acceptors (Lipinski definition) is 4. The molecule has 0 aliphatic carbocycles. The maximum absolute atomic E-state index is 10.5. The number of hydrogen-bond donors (Lipinski definition) is 0. The first-order valence-electron chi connectivity index (χ1n) is 6.59. The Balaban J connectivity index is 1.99. The Hall–Kier alpha value is -1.48. The van der Waals surface area contributed by atoms with E-state index in [0.29, 0.717) is 6.61 Å². The second kappa shape index (κ2) is 6.11. The molecule has 1 fully saturated rings. The number of carbonyl (C=O) groups excluding carboxylic acids is 1. The van der Waals surface area contributed by atoms with Crippen molar-refractivity contribution >= 4 is 6.08 Å². The Morgan fingerprint density at radius 3 is 2.84 bits per heavy atom. The fraction of sp³-hybridized carbons (Fsp3) is 0.533. The molecule has 1 unspecified atom stereocenters. The standard InChI is InChI=1S/C15H20N2O2/c1-15(2,16-12-18)14-11-17(8-9-19-14)10-13-6-4-3-5-7-13/h3-7,14H,8-11H2,1-2H3. The zero-order valence-electron chi connectivity index (χ0n) is 11.5. The van der Waals surface area contributed by atoms with Crippen LogP contribution in [0.4, 0.5) is 0 Å². The number of nitrogens with zero attached hydrogens (tertiary/aromatic N) is 2. The number of rotatable bonds is 4. The maximum Gasteiger partial charge on any atom is 0.235 e. The maximum atomic E-state index is 10.5. The van der Waals surface area contributed by atoms with Gasteiger partial charge in [0.25, 0.3) is 0 Å².